The molecule has 0 saturated heterocycles. The van der Waals surface area contributed by atoms with Crippen molar-refractivity contribution in [3.63, 3.8) is 0 Å². The van der Waals surface area contributed by atoms with E-state index in [9.17, 15) is 13.7 Å². The molecule has 0 aromatic heterocycles. The Balaban J connectivity index is 2.31. The smallest absolute Gasteiger partial charge is 0.180 e. The number of rotatable bonds is 6. The summed E-state index contributed by atoms with van der Waals surface area (Å²) in [5, 5.41) is 13.4. The Labute approximate surface area is 180 Å². The minimum Gasteiger partial charge on any atom is -0.377 e. The van der Waals surface area contributed by atoms with Crippen molar-refractivity contribution < 1.29 is 8.42 Å². The Morgan fingerprint density at radius 3 is 2.47 bits per heavy atom. The third-order valence-electron chi connectivity index (χ3n) is 6.11. The van der Waals surface area contributed by atoms with Gasteiger partial charge in [-0.1, -0.05) is 57.0 Å². The summed E-state index contributed by atoms with van der Waals surface area (Å²) in [6, 6.07) is 15.4. The normalized spacial score (nSPS) is 22.6. The van der Waals surface area contributed by atoms with Gasteiger partial charge in [-0.25, -0.2) is 8.42 Å². The molecule has 160 valence electrons. The van der Waals surface area contributed by atoms with E-state index in [4.69, 9.17) is 0 Å². The largest absolute Gasteiger partial charge is 0.377 e. The summed E-state index contributed by atoms with van der Waals surface area (Å²) in [5.41, 5.74) is 2.34. The minimum absolute atomic E-state index is 0.0407. The summed E-state index contributed by atoms with van der Waals surface area (Å²) in [5.74, 6) is 0.0407. The lowest BCUT2D eigenvalue weighted by Crippen LogP contribution is -2.50. The van der Waals surface area contributed by atoms with Crippen LogP contribution in [-0.2, 0) is 9.84 Å². The monoisotopic (exact) mass is 425 g/mol. The number of unbranched alkanes of at least 4 members (excludes halogenated alkanes) is 1. The summed E-state index contributed by atoms with van der Waals surface area (Å²) in [7, 11) is 0.166. The molecule has 6 heteroatoms. The number of nitrogens with zero attached hydrogens (tertiary/aromatic N) is 2. The quantitative estimate of drug-likeness (QED) is 0.741. The second-order valence-corrected chi connectivity index (χ2v) is 10.4. The van der Waals surface area contributed by atoms with E-state index in [-0.39, 0.29) is 16.7 Å². The number of fused-ring (bicyclic) bond motifs is 1. The molecule has 0 bridgehead atoms. The first-order chi connectivity index (χ1) is 14.3. The first kappa shape index (κ1) is 22.3. The zero-order valence-electron chi connectivity index (χ0n) is 18.3. The van der Waals surface area contributed by atoms with Gasteiger partial charge in [-0.2, -0.15) is 5.26 Å². The van der Waals surface area contributed by atoms with E-state index in [0.717, 1.165) is 42.5 Å². The van der Waals surface area contributed by atoms with Crippen LogP contribution in [-0.4, -0.2) is 33.8 Å². The molecule has 0 unspecified atom stereocenters. The van der Waals surface area contributed by atoms with Gasteiger partial charge in [0, 0.05) is 19.6 Å². The lowest BCUT2D eigenvalue weighted by molar-refractivity contribution is 0.295. The van der Waals surface area contributed by atoms with Crippen molar-refractivity contribution in [1.29, 1.82) is 5.26 Å². The number of hydrogen-bond donors (Lipinski definition) is 1. The average Bonchev–Trinajstić information content (AvgIpc) is 2.84. The molecule has 1 heterocycles. The fourth-order valence-corrected chi connectivity index (χ4v) is 6.50. The summed E-state index contributed by atoms with van der Waals surface area (Å²) in [6.07, 6.45) is 3.48. The van der Waals surface area contributed by atoms with Crippen molar-refractivity contribution in [3.8, 4) is 6.07 Å². The summed E-state index contributed by atoms with van der Waals surface area (Å²) in [4.78, 5) is 2.14. The van der Waals surface area contributed by atoms with E-state index in [1.54, 1.807) is 6.07 Å². The number of anilines is 1. The molecule has 0 saturated carbocycles. The highest BCUT2D eigenvalue weighted by Crippen LogP contribution is 2.40. The fraction of sp³-hybridized carbons (Fsp3) is 0.458. The zero-order valence-corrected chi connectivity index (χ0v) is 19.1. The van der Waals surface area contributed by atoms with Crippen LogP contribution in [0.2, 0.25) is 0 Å². The maximum atomic E-state index is 13.6. The molecule has 5 nitrogen and oxygen atoms in total. The number of nitriles is 1. The number of nitrogens with one attached hydrogen (secondary N) is 1. The van der Waals surface area contributed by atoms with Gasteiger partial charge in [0.2, 0.25) is 0 Å². The predicted molar refractivity (Wildman–Crippen MR) is 122 cm³/mol. The standard InChI is InChI=1S/C24H31N3O2S/c1-5-7-13-24(6-2)17-30(28,29)22-14-19(16-25)21(27(3)4)15-20(22)23(26-24)18-11-9-8-10-12-18/h8-12,14-15,23,26H,5-7,13,17H2,1-4H3/t23-,24-/m1/s1. The third kappa shape index (κ3) is 4.23. The molecule has 30 heavy (non-hydrogen) atoms. The Bertz CT molecular complexity index is 1040. The van der Waals surface area contributed by atoms with Crippen molar-refractivity contribution in [2.45, 2.75) is 56.0 Å². The van der Waals surface area contributed by atoms with Crippen LogP contribution in [0, 0.1) is 11.3 Å². The van der Waals surface area contributed by atoms with Crippen LogP contribution in [0.4, 0.5) is 5.69 Å². The van der Waals surface area contributed by atoms with Gasteiger partial charge in [-0.05, 0) is 36.1 Å². The molecule has 0 radical (unpaired) electrons. The fourth-order valence-electron chi connectivity index (χ4n) is 4.35. The molecule has 0 spiro atoms. The van der Waals surface area contributed by atoms with Crippen LogP contribution in [0.5, 0.6) is 0 Å². The van der Waals surface area contributed by atoms with E-state index >= 15 is 0 Å². The van der Waals surface area contributed by atoms with E-state index in [2.05, 4.69) is 25.2 Å². The topological polar surface area (TPSA) is 73.2 Å². The van der Waals surface area contributed by atoms with Crippen molar-refractivity contribution in [2.75, 3.05) is 24.7 Å². The molecule has 1 aliphatic heterocycles. The van der Waals surface area contributed by atoms with Gasteiger partial charge in [0.15, 0.2) is 9.84 Å². The maximum Gasteiger partial charge on any atom is 0.180 e. The third-order valence-corrected chi connectivity index (χ3v) is 8.07. The van der Waals surface area contributed by atoms with Crippen LogP contribution in [0.3, 0.4) is 0 Å². The van der Waals surface area contributed by atoms with Gasteiger partial charge in [-0.15, -0.1) is 0 Å². The van der Waals surface area contributed by atoms with Gasteiger partial charge in [0.05, 0.1) is 27.9 Å². The average molecular weight is 426 g/mol. The van der Waals surface area contributed by atoms with Crippen molar-refractivity contribution >= 4 is 15.5 Å². The molecule has 2 aromatic carbocycles. The van der Waals surface area contributed by atoms with Crippen molar-refractivity contribution in [3.05, 3.63) is 59.2 Å². The van der Waals surface area contributed by atoms with Crippen LogP contribution < -0.4 is 10.2 Å². The molecular weight excluding hydrogens is 394 g/mol. The lowest BCUT2D eigenvalue weighted by Gasteiger charge is -2.36. The maximum absolute atomic E-state index is 13.6. The molecule has 1 N–H and O–H groups in total. The highest BCUT2D eigenvalue weighted by Gasteiger charge is 2.42. The van der Waals surface area contributed by atoms with E-state index in [0.29, 0.717) is 5.56 Å². The summed E-state index contributed by atoms with van der Waals surface area (Å²) >= 11 is 0. The highest BCUT2D eigenvalue weighted by atomic mass is 32.2. The molecule has 3 rings (SSSR count). The summed E-state index contributed by atoms with van der Waals surface area (Å²) in [6.45, 7) is 4.18. The van der Waals surface area contributed by atoms with Crippen LogP contribution in [0.15, 0.2) is 47.4 Å². The Kier molecular flexibility index (Phi) is 6.54. The van der Waals surface area contributed by atoms with Crippen LogP contribution in [0.1, 0.15) is 62.3 Å². The molecule has 0 aliphatic carbocycles. The lowest BCUT2D eigenvalue weighted by atomic mass is 9.87. The molecule has 0 fully saturated rings. The van der Waals surface area contributed by atoms with E-state index in [1.807, 2.05) is 55.4 Å². The molecular formula is C24H31N3O2S. The van der Waals surface area contributed by atoms with Gasteiger partial charge in [0.25, 0.3) is 0 Å². The van der Waals surface area contributed by atoms with Crippen LogP contribution >= 0.6 is 0 Å². The first-order valence-corrected chi connectivity index (χ1v) is 12.2. The van der Waals surface area contributed by atoms with Crippen molar-refractivity contribution in [2.24, 2.45) is 0 Å². The second kappa shape index (κ2) is 8.79. The van der Waals surface area contributed by atoms with Gasteiger partial charge < -0.3 is 4.90 Å². The van der Waals surface area contributed by atoms with Gasteiger partial charge in [0.1, 0.15) is 6.07 Å². The predicted octanol–water partition coefficient (Wildman–Crippen LogP) is 4.43. The minimum atomic E-state index is -3.58. The molecule has 2 aromatic rings. The molecule has 0 amide bonds. The SMILES string of the molecule is CCCC[C@]1(CC)CS(=O)(=O)c2cc(C#N)c(N(C)C)cc2[C@@H](c2ccccc2)N1. The molecule has 1 aliphatic rings. The van der Waals surface area contributed by atoms with Gasteiger partial charge >= 0.3 is 0 Å². The Morgan fingerprint density at radius 2 is 1.90 bits per heavy atom. The van der Waals surface area contributed by atoms with Crippen molar-refractivity contribution in [1.82, 2.24) is 5.32 Å². The van der Waals surface area contributed by atoms with Crippen LogP contribution in [0.25, 0.3) is 0 Å². The Morgan fingerprint density at radius 1 is 1.20 bits per heavy atom. The zero-order chi connectivity index (χ0) is 21.9. The summed E-state index contributed by atoms with van der Waals surface area (Å²) < 4.78 is 27.2. The molecule has 2 atom stereocenters. The Hall–Kier alpha value is -2.36. The van der Waals surface area contributed by atoms with E-state index in [1.165, 1.54) is 0 Å². The number of benzene rings is 2. The second-order valence-electron chi connectivity index (χ2n) is 8.40. The first-order valence-electron chi connectivity index (χ1n) is 10.6. The highest BCUT2D eigenvalue weighted by molar-refractivity contribution is 7.91. The number of sulfone groups is 1. The van der Waals surface area contributed by atoms with E-state index < -0.39 is 15.4 Å². The van der Waals surface area contributed by atoms with Gasteiger partial charge in [-0.3, -0.25) is 5.32 Å². The number of hydrogen-bond acceptors (Lipinski definition) is 5.